The summed E-state index contributed by atoms with van der Waals surface area (Å²) in [6.07, 6.45) is 1.13. The highest BCUT2D eigenvalue weighted by molar-refractivity contribution is 6.02. The summed E-state index contributed by atoms with van der Waals surface area (Å²) in [4.78, 5) is 38.9. The van der Waals surface area contributed by atoms with E-state index in [1.165, 1.54) is 0 Å². The maximum atomic E-state index is 12.6. The van der Waals surface area contributed by atoms with Crippen molar-refractivity contribution < 1.29 is 14.4 Å². The monoisotopic (exact) mass is 393 g/mol. The lowest BCUT2D eigenvalue weighted by atomic mass is 9.96. The lowest BCUT2D eigenvalue weighted by Crippen LogP contribution is -2.38. The molecule has 2 N–H and O–H groups in total. The molecule has 0 aliphatic carbocycles. The summed E-state index contributed by atoms with van der Waals surface area (Å²) in [6, 6.07) is 16.9. The van der Waals surface area contributed by atoms with E-state index in [0.29, 0.717) is 18.2 Å². The fourth-order valence-corrected chi connectivity index (χ4v) is 3.52. The molecule has 1 fully saturated rings. The molecule has 1 aliphatic rings. The number of benzene rings is 2. The van der Waals surface area contributed by atoms with Gasteiger partial charge in [0.15, 0.2) is 0 Å². The van der Waals surface area contributed by atoms with Crippen molar-refractivity contribution in [1.29, 1.82) is 0 Å². The molecular weight excluding hydrogens is 366 g/mol. The minimum Gasteiger partial charge on any atom is -0.347 e. The van der Waals surface area contributed by atoms with Crippen LogP contribution in [0, 0.1) is 5.92 Å². The van der Waals surface area contributed by atoms with Crippen molar-refractivity contribution in [2.24, 2.45) is 5.92 Å². The van der Waals surface area contributed by atoms with Crippen LogP contribution in [0.25, 0.3) is 0 Å². The van der Waals surface area contributed by atoms with E-state index < -0.39 is 5.92 Å². The van der Waals surface area contributed by atoms with Crippen molar-refractivity contribution in [2.75, 3.05) is 23.3 Å². The molecule has 152 valence electrons. The van der Waals surface area contributed by atoms with Crippen LogP contribution in [0.15, 0.2) is 54.6 Å². The number of nitrogens with zero attached hydrogens (tertiary/aromatic N) is 1. The van der Waals surface area contributed by atoms with Gasteiger partial charge in [-0.2, -0.15) is 0 Å². The quantitative estimate of drug-likeness (QED) is 0.758. The average Bonchev–Trinajstić information content (AvgIpc) is 3.13. The number of nitrogens with one attached hydrogen (secondary N) is 2. The van der Waals surface area contributed by atoms with Crippen LogP contribution in [-0.4, -0.2) is 30.8 Å². The molecule has 2 aromatic rings. The number of amides is 3. The number of carbonyl (C=O) groups is 3. The van der Waals surface area contributed by atoms with Gasteiger partial charge >= 0.3 is 0 Å². The third kappa shape index (κ3) is 5.02. The van der Waals surface area contributed by atoms with Gasteiger partial charge in [-0.3, -0.25) is 14.4 Å². The van der Waals surface area contributed by atoms with Crippen molar-refractivity contribution in [2.45, 2.75) is 32.6 Å². The van der Waals surface area contributed by atoms with Gasteiger partial charge in [0.25, 0.3) is 0 Å². The van der Waals surface area contributed by atoms with E-state index in [4.69, 9.17) is 0 Å². The molecule has 0 radical (unpaired) electrons. The van der Waals surface area contributed by atoms with Gasteiger partial charge in [-0.05, 0) is 36.1 Å². The number of hydrogen-bond acceptors (Lipinski definition) is 3. The molecule has 3 rings (SSSR count). The van der Waals surface area contributed by atoms with Crippen LogP contribution >= 0.6 is 0 Å². The second-order valence-electron chi connectivity index (χ2n) is 7.41. The molecule has 0 bridgehead atoms. The molecule has 3 amide bonds. The van der Waals surface area contributed by atoms with Gasteiger partial charge in [0.2, 0.25) is 17.7 Å². The van der Waals surface area contributed by atoms with Gasteiger partial charge in [-0.15, -0.1) is 0 Å². The minimum absolute atomic E-state index is 0.0605. The Balaban J connectivity index is 1.59. The van der Waals surface area contributed by atoms with Gasteiger partial charge in [0, 0.05) is 24.3 Å². The highest BCUT2D eigenvalue weighted by Crippen LogP contribution is 2.33. The summed E-state index contributed by atoms with van der Waals surface area (Å²) in [5, 5.41) is 5.38. The van der Waals surface area contributed by atoms with E-state index in [1.807, 2.05) is 42.5 Å². The summed E-state index contributed by atoms with van der Waals surface area (Å²) in [6.45, 7) is 4.46. The van der Waals surface area contributed by atoms with E-state index >= 15 is 0 Å². The zero-order chi connectivity index (χ0) is 20.8. The summed E-state index contributed by atoms with van der Waals surface area (Å²) < 4.78 is 0. The summed E-state index contributed by atoms with van der Waals surface area (Å²) in [7, 11) is 0. The Bertz CT molecular complexity index is 882. The van der Waals surface area contributed by atoms with E-state index in [-0.39, 0.29) is 30.7 Å². The first-order chi connectivity index (χ1) is 14.0. The Hall–Kier alpha value is -3.15. The van der Waals surface area contributed by atoms with E-state index in [9.17, 15) is 14.4 Å². The fourth-order valence-electron chi connectivity index (χ4n) is 3.52. The standard InChI is InChI=1S/C23H27N3O3/c1-3-16(2)19-11-7-8-12-20(19)26-15-17(13-22(26)28)23(29)24-14-21(27)25-18-9-5-4-6-10-18/h4-12,16-17H,3,13-15H2,1-2H3,(H,24,29)(H,25,27). The predicted octanol–water partition coefficient (Wildman–Crippen LogP) is 3.31. The van der Waals surface area contributed by atoms with Crippen LogP contribution in [0.5, 0.6) is 0 Å². The van der Waals surface area contributed by atoms with E-state index in [1.54, 1.807) is 17.0 Å². The van der Waals surface area contributed by atoms with Crippen molar-refractivity contribution >= 4 is 29.1 Å². The van der Waals surface area contributed by atoms with Crippen molar-refractivity contribution in [1.82, 2.24) is 5.32 Å². The third-order valence-electron chi connectivity index (χ3n) is 5.35. The van der Waals surface area contributed by atoms with Crippen molar-refractivity contribution in [3.05, 3.63) is 60.2 Å². The number of rotatable bonds is 7. The Kier molecular flexibility index (Phi) is 6.65. The Morgan fingerprint density at radius 2 is 1.79 bits per heavy atom. The van der Waals surface area contributed by atoms with Crippen molar-refractivity contribution in [3.63, 3.8) is 0 Å². The summed E-state index contributed by atoms with van der Waals surface area (Å²) in [5.41, 5.74) is 2.67. The molecule has 0 spiro atoms. The molecule has 1 saturated heterocycles. The molecule has 0 aromatic heterocycles. The number of para-hydroxylation sites is 2. The smallest absolute Gasteiger partial charge is 0.243 e. The maximum absolute atomic E-state index is 12.6. The zero-order valence-corrected chi connectivity index (χ0v) is 16.9. The first kappa shape index (κ1) is 20.6. The Morgan fingerprint density at radius 3 is 2.52 bits per heavy atom. The van der Waals surface area contributed by atoms with Crippen LogP contribution in [0.2, 0.25) is 0 Å². The summed E-state index contributed by atoms with van der Waals surface area (Å²) >= 11 is 0. The molecular formula is C23H27N3O3. The number of hydrogen-bond donors (Lipinski definition) is 2. The van der Waals surface area contributed by atoms with E-state index in [2.05, 4.69) is 24.5 Å². The summed E-state index contributed by atoms with van der Waals surface area (Å²) in [5.74, 6) is -0.766. The normalized spacial score (nSPS) is 17.1. The van der Waals surface area contributed by atoms with Gasteiger partial charge in [-0.1, -0.05) is 50.2 Å². The first-order valence-corrected chi connectivity index (χ1v) is 10.0. The highest BCUT2D eigenvalue weighted by Gasteiger charge is 2.36. The number of carbonyl (C=O) groups excluding carboxylic acids is 3. The molecule has 2 unspecified atom stereocenters. The molecule has 6 nitrogen and oxygen atoms in total. The third-order valence-corrected chi connectivity index (χ3v) is 5.35. The maximum Gasteiger partial charge on any atom is 0.243 e. The molecule has 6 heteroatoms. The van der Waals surface area contributed by atoms with Crippen LogP contribution in [0.3, 0.4) is 0 Å². The SMILES string of the molecule is CCC(C)c1ccccc1N1CC(C(=O)NCC(=O)Nc2ccccc2)CC1=O. The Morgan fingerprint density at radius 1 is 1.10 bits per heavy atom. The van der Waals surface area contributed by atoms with E-state index in [0.717, 1.165) is 17.7 Å². The molecule has 2 atom stereocenters. The van der Waals surface area contributed by atoms with Gasteiger partial charge in [0.05, 0.1) is 12.5 Å². The second-order valence-corrected chi connectivity index (χ2v) is 7.41. The first-order valence-electron chi connectivity index (χ1n) is 10.0. The topological polar surface area (TPSA) is 78.5 Å². The fraction of sp³-hybridized carbons (Fsp3) is 0.348. The molecule has 1 aliphatic heterocycles. The molecule has 2 aromatic carbocycles. The zero-order valence-electron chi connectivity index (χ0n) is 16.9. The lowest BCUT2D eigenvalue weighted by Gasteiger charge is -2.23. The molecule has 0 saturated carbocycles. The minimum atomic E-state index is -0.461. The van der Waals surface area contributed by atoms with Crippen LogP contribution in [0.1, 0.15) is 38.2 Å². The van der Waals surface area contributed by atoms with Crippen LogP contribution in [0.4, 0.5) is 11.4 Å². The van der Waals surface area contributed by atoms with Crippen LogP contribution < -0.4 is 15.5 Å². The average molecular weight is 393 g/mol. The predicted molar refractivity (Wildman–Crippen MR) is 114 cm³/mol. The van der Waals surface area contributed by atoms with Gasteiger partial charge in [-0.25, -0.2) is 0 Å². The second kappa shape index (κ2) is 9.37. The largest absolute Gasteiger partial charge is 0.347 e. The number of anilines is 2. The van der Waals surface area contributed by atoms with Gasteiger partial charge in [0.1, 0.15) is 0 Å². The Labute approximate surface area is 171 Å². The molecule has 29 heavy (non-hydrogen) atoms. The molecule has 1 heterocycles. The highest BCUT2D eigenvalue weighted by atomic mass is 16.2. The van der Waals surface area contributed by atoms with Crippen LogP contribution in [-0.2, 0) is 14.4 Å². The van der Waals surface area contributed by atoms with Gasteiger partial charge < -0.3 is 15.5 Å². The van der Waals surface area contributed by atoms with Crippen molar-refractivity contribution in [3.8, 4) is 0 Å². The lowest BCUT2D eigenvalue weighted by molar-refractivity contribution is -0.127.